The van der Waals surface area contributed by atoms with Crippen molar-refractivity contribution in [1.29, 1.82) is 10.5 Å². The zero-order valence-corrected chi connectivity index (χ0v) is 18.2. The third-order valence-electron chi connectivity index (χ3n) is 5.28. The third-order valence-corrected chi connectivity index (χ3v) is 5.28. The maximum absolute atomic E-state index is 12.8. The van der Waals surface area contributed by atoms with Crippen LogP contribution in [0.2, 0.25) is 0 Å². The van der Waals surface area contributed by atoms with E-state index in [1.165, 1.54) is 0 Å². The van der Waals surface area contributed by atoms with E-state index in [-0.39, 0.29) is 5.57 Å². The highest BCUT2D eigenvalue weighted by Gasteiger charge is 2.31. The van der Waals surface area contributed by atoms with Gasteiger partial charge in [-0.1, -0.05) is 44.9 Å². The van der Waals surface area contributed by atoms with Gasteiger partial charge in [0.1, 0.15) is 17.7 Å². The van der Waals surface area contributed by atoms with Crippen molar-refractivity contribution in [2.75, 3.05) is 13.2 Å². The number of rotatable bonds is 8. The molecule has 0 unspecified atom stereocenters. The average Bonchev–Trinajstić information content (AvgIpc) is 3.14. The van der Waals surface area contributed by atoms with Crippen LogP contribution in [0.1, 0.15) is 71.4 Å². The lowest BCUT2D eigenvalue weighted by Gasteiger charge is -2.10. The number of unbranched alkanes of at least 4 members (excludes halogenated alkanes) is 2. The van der Waals surface area contributed by atoms with Crippen LogP contribution in [0.3, 0.4) is 0 Å². The molecule has 0 heterocycles. The van der Waals surface area contributed by atoms with Gasteiger partial charge in [-0.2, -0.15) is 10.5 Å². The molecule has 0 saturated heterocycles. The van der Waals surface area contributed by atoms with Crippen LogP contribution in [0.4, 0.5) is 0 Å². The molecule has 0 aliphatic heterocycles. The first kappa shape index (κ1) is 22.8. The van der Waals surface area contributed by atoms with Crippen LogP contribution in [0, 0.1) is 22.7 Å². The van der Waals surface area contributed by atoms with Gasteiger partial charge in [0, 0.05) is 11.1 Å². The minimum atomic E-state index is -0.466. The van der Waals surface area contributed by atoms with Crippen molar-refractivity contribution >= 4 is 17.5 Å². The van der Waals surface area contributed by atoms with Gasteiger partial charge in [0.15, 0.2) is 0 Å². The number of benzene rings is 2. The molecule has 32 heavy (non-hydrogen) atoms. The molecule has 1 aliphatic carbocycles. The number of nitrogens with zero attached hydrogens (tertiary/aromatic N) is 2. The normalized spacial score (nSPS) is 11.1. The molecule has 6 heteroatoms. The van der Waals surface area contributed by atoms with E-state index in [0.717, 1.165) is 25.7 Å². The van der Waals surface area contributed by atoms with Crippen LogP contribution in [0.25, 0.3) is 16.7 Å². The Kier molecular flexibility index (Phi) is 7.41. The third kappa shape index (κ3) is 4.40. The van der Waals surface area contributed by atoms with Crippen molar-refractivity contribution in [3.8, 4) is 23.3 Å². The molecule has 0 fully saturated rings. The van der Waals surface area contributed by atoms with E-state index in [1.807, 2.05) is 26.0 Å². The summed E-state index contributed by atoms with van der Waals surface area (Å²) in [5.41, 5.74) is 3.44. The molecule has 2 aromatic carbocycles. The Balaban J connectivity index is 2.13. The predicted molar refractivity (Wildman–Crippen MR) is 120 cm³/mol. The number of esters is 2. The Morgan fingerprint density at radius 2 is 1.50 bits per heavy atom. The van der Waals surface area contributed by atoms with Gasteiger partial charge >= 0.3 is 11.9 Å². The highest BCUT2D eigenvalue weighted by Crippen LogP contribution is 2.47. The molecule has 0 bridgehead atoms. The topological polar surface area (TPSA) is 100 Å². The van der Waals surface area contributed by atoms with Gasteiger partial charge in [0.25, 0.3) is 0 Å². The summed E-state index contributed by atoms with van der Waals surface area (Å²) in [6.45, 7) is 4.66. The largest absolute Gasteiger partial charge is 0.462 e. The Labute approximate surface area is 187 Å². The van der Waals surface area contributed by atoms with Gasteiger partial charge in [-0.15, -0.1) is 0 Å². The van der Waals surface area contributed by atoms with Gasteiger partial charge in [-0.05, 0) is 47.7 Å². The fraction of sp³-hybridized carbons (Fsp3) is 0.308. The minimum Gasteiger partial charge on any atom is -0.462 e. The Morgan fingerprint density at radius 3 is 2.12 bits per heavy atom. The summed E-state index contributed by atoms with van der Waals surface area (Å²) in [6.07, 6.45) is 3.34. The van der Waals surface area contributed by atoms with Crippen LogP contribution in [-0.2, 0) is 9.47 Å². The van der Waals surface area contributed by atoms with Crippen molar-refractivity contribution in [2.45, 2.75) is 39.5 Å². The van der Waals surface area contributed by atoms with Gasteiger partial charge < -0.3 is 9.47 Å². The molecule has 3 rings (SSSR count). The summed E-state index contributed by atoms with van der Waals surface area (Å²) in [5.74, 6) is -0.924. The molecule has 0 saturated carbocycles. The van der Waals surface area contributed by atoms with E-state index >= 15 is 0 Å². The summed E-state index contributed by atoms with van der Waals surface area (Å²) < 4.78 is 10.7. The highest BCUT2D eigenvalue weighted by molar-refractivity contribution is 6.11. The lowest BCUT2D eigenvalue weighted by molar-refractivity contribution is 0.0490. The van der Waals surface area contributed by atoms with E-state index < -0.39 is 11.9 Å². The summed E-state index contributed by atoms with van der Waals surface area (Å²) in [7, 11) is 0. The number of nitriles is 2. The molecule has 2 aromatic rings. The van der Waals surface area contributed by atoms with Crippen molar-refractivity contribution in [2.24, 2.45) is 0 Å². The Morgan fingerprint density at radius 1 is 0.844 bits per heavy atom. The molecule has 0 N–H and O–H groups in total. The zero-order valence-electron chi connectivity index (χ0n) is 18.2. The smallest absolute Gasteiger partial charge is 0.338 e. The molecule has 162 valence electrons. The number of carbonyl (C=O) groups excluding carboxylic acids is 2. The van der Waals surface area contributed by atoms with Crippen molar-refractivity contribution in [1.82, 2.24) is 0 Å². The molecule has 1 aliphatic rings. The van der Waals surface area contributed by atoms with Crippen LogP contribution >= 0.6 is 0 Å². The van der Waals surface area contributed by atoms with E-state index in [4.69, 9.17) is 9.47 Å². The van der Waals surface area contributed by atoms with E-state index in [9.17, 15) is 20.1 Å². The molecule has 0 aromatic heterocycles. The van der Waals surface area contributed by atoms with Crippen LogP contribution in [0.5, 0.6) is 0 Å². The maximum Gasteiger partial charge on any atom is 0.338 e. The first-order valence-electron chi connectivity index (χ1n) is 10.7. The predicted octanol–water partition coefficient (Wildman–Crippen LogP) is 5.43. The number of ether oxygens (including phenoxy) is 2. The summed E-state index contributed by atoms with van der Waals surface area (Å²) in [4.78, 5) is 25.3. The van der Waals surface area contributed by atoms with Crippen molar-refractivity contribution in [3.63, 3.8) is 0 Å². The highest BCUT2D eigenvalue weighted by atomic mass is 16.5. The first-order valence-corrected chi connectivity index (χ1v) is 10.7. The Bertz CT molecular complexity index is 1150. The number of hydrogen-bond donors (Lipinski definition) is 0. The second kappa shape index (κ2) is 10.4. The van der Waals surface area contributed by atoms with Gasteiger partial charge in [0.2, 0.25) is 0 Å². The Hall–Kier alpha value is -3.90. The number of allylic oxidation sites excluding steroid dienone is 1. The van der Waals surface area contributed by atoms with Gasteiger partial charge in [-0.3, -0.25) is 0 Å². The lowest BCUT2D eigenvalue weighted by atomic mass is 9.97. The molecule has 6 nitrogen and oxygen atoms in total. The molecular formula is C26H24N2O4. The van der Waals surface area contributed by atoms with Crippen LogP contribution < -0.4 is 0 Å². The molecule has 0 atom stereocenters. The second-order valence-electron chi connectivity index (χ2n) is 7.44. The fourth-order valence-electron chi connectivity index (χ4n) is 3.65. The molecular weight excluding hydrogens is 404 g/mol. The monoisotopic (exact) mass is 428 g/mol. The van der Waals surface area contributed by atoms with Crippen molar-refractivity contribution < 1.29 is 19.1 Å². The summed E-state index contributed by atoms with van der Waals surface area (Å²) in [6, 6.07) is 14.0. The number of fused-ring (bicyclic) bond motifs is 3. The summed E-state index contributed by atoms with van der Waals surface area (Å²) >= 11 is 0. The number of carbonyl (C=O) groups is 2. The van der Waals surface area contributed by atoms with E-state index in [1.54, 1.807) is 36.4 Å². The molecule has 0 amide bonds. The molecule has 0 radical (unpaired) electrons. The van der Waals surface area contributed by atoms with Gasteiger partial charge in [0.05, 0.1) is 24.3 Å². The van der Waals surface area contributed by atoms with E-state index in [2.05, 4.69) is 0 Å². The first-order chi connectivity index (χ1) is 15.6. The standard InChI is InChI=1S/C26H24N2O4/c1-3-5-12-31-25(29)17-10-11-19-22(14-17)23(18(15-27)16-28)20-8-7-9-21(24(19)20)26(30)32-13-6-4-2/h7-11,14H,3-6,12-13H2,1-2H3. The fourth-order valence-corrected chi connectivity index (χ4v) is 3.65. The van der Waals surface area contributed by atoms with Crippen LogP contribution in [-0.4, -0.2) is 25.2 Å². The molecule has 0 spiro atoms. The zero-order chi connectivity index (χ0) is 23.1. The average molecular weight is 428 g/mol. The lowest BCUT2D eigenvalue weighted by Crippen LogP contribution is -2.08. The number of hydrogen-bond acceptors (Lipinski definition) is 6. The van der Waals surface area contributed by atoms with Gasteiger partial charge in [-0.25, -0.2) is 9.59 Å². The van der Waals surface area contributed by atoms with Crippen molar-refractivity contribution in [3.05, 3.63) is 64.2 Å². The SMILES string of the molecule is CCCCOC(=O)c1ccc2c(c1)C(=C(C#N)C#N)c1cccc(C(=O)OCCCC)c1-2. The van der Waals surface area contributed by atoms with Crippen LogP contribution in [0.15, 0.2) is 42.0 Å². The van der Waals surface area contributed by atoms with E-state index in [0.29, 0.717) is 52.2 Å². The summed E-state index contributed by atoms with van der Waals surface area (Å²) in [5, 5.41) is 19.1. The maximum atomic E-state index is 12.8. The minimum absolute atomic E-state index is 0.0852. The quantitative estimate of drug-likeness (QED) is 0.269. The second-order valence-corrected chi connectivity index (χ2v) is 7.44.